The first-order valence-corrected chi connectivity index (χ1v) is 7.54. The van der Waals surface area contributed by atoms with E-state index in [1.54, 1.807) is 12.1 Å². The van der Waals surface area contributed by atoms with Gasteiger partial charge in [-0.15, -0.1) is 0 Å². The molecule has 6 heteroatoms. The first-order chi connectivity index (χ1) is 10.0. The molecule has 0 spiro atoms. The molecule has 1 aromatic carbocycles. The molecule has 1 atom stereocenters. The molecule has 1 aliphatic heterocycles. The monoisotopic (exact) mass is 329 g/mol. The maximum Gasteiger partial charge on any atom is 0.320 e. The van der Waals surface area contributed by atoms with E-state index in [1.807, 2.05) is 13.0 Å². The number of nitrogens with one attached hydrogen (secondary N) is 1. The van der Waals surface area contributed by atoms with Crippen molar-refractivity contribution in [2.75, 3.05) is 13.2 Å². The molecule has 1 aliphatic rings. The summed E-state index contributed by atoms with van der Waals surface area (Å²) in [7, 11) is 0. The second kappa shape index (κ2) is 7.16. The second-order valence-electron chi connectivity index (χ2n) is 4.96. The number of rotatable bonds is 6. The molecule has 0 bridgehead atoms. The zero-order valence-electron chi connectivity index (χ0n) is 11.7. The van der Waals surface area contributed by atoms with Crippen molar-refractivity contribution in [2.24, 2.45) is 0 Å². The number of carbonyl (C=O) groups is 1. The van der Waals surface area contributed by atoms with Crippen LogP contribution in [0, 0.1) is 0 Å². The summed E-state index contributed by atoms with van der Waals surface area (Å²) in [5.41, 5.74) is 1.78. The Hall–Kier alpha value is -1.23. The van der Waals surface area contributed by atoms with Crippen molar-refractivity contribution in [2.45, 2.75) is 25.8 Å². The normalized spacial score (nSPS) is 14.9. The van der Waals surface area contributed by atoms with Crippen molar-refractivity contribution in [3.8, 4) is 5.75 Å². The molecule has 2 N–H and O–H groups in total. The third kappa shape index (κ3) is 4.13. The van der Waals surface area contributed by atoms with Crippen LogP contribution in [-0.2, 0) is 4.79 Å². The molecule has 0 saturated heterocycles. The Balaban J connectivity index is 2.08. The van der Waals surface area contributed by atoms with Crippen molar-refractivity contribution in [1.82, 2.24) is 5.32 Å². The molecule has 21 heavy (non-hydrogen) atoms. The fraction of sp³-hybridized carbons (Fsp3) is 0.400. The van der Waals surface area contributed by atoms with Crippen molar-refractivity contribution in [3.05, 3.63) is 33.3 Å². The van der Waals surface area contributed by atoms with E-state index < -0.39 is 12.0 Å². The van der Waals surface area contributed by atoms with Crippen molar-refractivity contribution < 1.29 is 14.6 Å². The zero-order chi connectivity index (χ0) is 15.4. The van der Waals surface area contributed by atoms with Gasteiger partial charge in [0.25, 0.3) is 0 Å². The predicted octanol–water partition coefficient (Wildman–Crippen LogP) is 3.61. The Morgan fingerprint density at radius 1 is 1.48 bits per heavy atom. The minimum Gasteiger partial charge on any atom is -0.487 e. The number of ether oxygens (including phenoxy) is 1. The lowest BCUT2D eigenvalue weighted by Crippen LogP contribution is -2.38. The fourth-order valence-corrected chi connectivity index (χ4v) is 2.79. The maximum absolute atomic E-state index is 11.1. The van der Waals surface area contributed by atoms with Crippen molar-refractivity contribution in [1.29, 1.82) is 0 Å². The number of halogens is 2. The summed E-state index contributed by atoms with van der Waals surface area (Å²) >= 11 is 12.1. The lowest BCUT2D eigenvalue weighted by Gasteiger charge is -2.21. The highest BCUT2D eigenvalue weighted by molar-refractivity contribution is 6.36. The Morgan fingerprint density at radius 2 is 2.24 bits per heavy atom. The molecular weight excluding hydrogens is 313 g/mol. The van der Waals surface area contributed by atoms with Gasteiger partial charge in [-0.25, -0.2) is 0 Å². The van der Waals surface area contributed by atoms with Gasteiger partial charge in [-0.3, -0.25) is 4.79 Å². The minimum absolute atomic E-state index is 0.389. The van der Waals surface area contributed by atoms with Crippen LogP contribution in [0.3, 0.4) is 0 Å². The molecule has 4 nitrogen and oxygen atoms in total. The highest BCUT2D eigenvalue weighted by Crippen LogP contribution is 2.36. The van der Waals surface area contributed by atoms with Crippen LogP contribution < -0.4 is 10.1 Å². The number of hydrogen-bond donors (Lipinski definition) is 2. The van der Waals surface area contributed by atoms with Gasteiger partial charge < -0.3 is 15.2 Å². The summed E-state index contributed by atoms with van der Waals surface area (Å²) in [6.45, 7) is 2.81. The molecule has 0 aromatic heterocycles. The molecule has 1 aromatic rings. The Bertz CT molecular complexity index is 572. The fourth-order valence-electron chi connectivity index (χ4n) is 2.22. The molecular formula is C15H17Cl2NO3. The molecule has 0 fully saturated rings. The summed E-state index contributed by atoms with van der Waals surface area (Å²) in [5, 5.41) is 13.2. The van der Waals surface area contributed by atoms with Crippen LogP contribution >= 0.6 is 23.2 Å². The van der Waals surface area contributed by atoms with Crippen LogP contribution in [0.15, 0.2) is 17.7 Å². The van der Waals surface area contributed by atoms with Crippen LogP contribution in [0.25, 0.3) is 6.08 Å². The van der Waals surface area contributed by atoms with E-state index in [1.165, 1.54) is 0 Å². The van der Waals surface area contributed by atoms with Gasteiger partial charge >= 0.3 is 5.97 Å². The molecule has 1 heterocycles. The Morgan fingerprint density at radius 3 is 2.90 bits per heavy atom. The lowest BCUT2D eigenvalue weighted by atomic mass is 10.1. The van der Waals surface area contributed by atoms with E-state index in [-0.39, 0.29) is 0 Å². The van der Waals surface area contributed by atoms with Crippen LogP contribution in [-0.4, -0.2) is 30.3 Å². The quantitative estimate of drug-likeness (QED) is 0.836. The highest BCUT2D eigenvalue weighted by Gasteiger charge is 2.19. The maximum atomic E-state index is 11.1. The Labute approximate surface area is 133 Å². The molecule has 0 saturated carbocycles. The largest absolute Gasteiger partial charge is 0.487 e. The van der Waals surface area contributed by atoms with E-state index in [4.69, 9.17) is 33.0 Å². The molecule has 114 valence electrons. The molecule has 0 amide bonds. The molecule has 0 radical (unpaired) electrons. The topological polar surface area (TPSA) is 58.6 Å². The van der Waals surface area contributed by atoms with Crippen LogP contribution in [0.4, 0.5) is 0 Å². The Kier molecular flexibility index (Phi) is 5.51. The third-order valence-corrected chi connectivity index (χ3v) is 3.75. The number of carboxylic acid groups (broad SMARTS) is 1. The zero-order valence-corrected chi connectivity index (χ0v) is 13.2. The van der Waals surface area contributed by atoms with Crippen LogP contribution in [0.5, 0.6) is 5.75 Å². The minimum atomic E-state index is -0.833. The average Bonchev–Trinajstić information content (AvgIpc) is 2.42. The summed E-state index contributed by atoms with van der Waals surface area (Å²) in [5.74, 6) is -0.214. The van der Waals surface area contributed by atoms with Gasteiger partial charge in [0.15, 0.2) is 0 Å². The van der Waals surface area contributed by atoms with Crippen LogP contribution in [0.2, 0.25) is 10.0 Å². The average molecular weight is 330 g/mol. The van der Waals surface area contributed by atoms with E-state index >= 15 is 0 Å². The molecule has 0 aliphatic carbocycles. The van der Waals surface area contributed by atoms with E-state index in [0.717, 1.165) is 17.6 Å². The number of benzene rings is 1. The van der Waals surface area contributed by atoms with E-state index in [2.05, 4.69) is 5.32 Å². The first-order valence-electron chi connectivity index (χ1n) is 6.78. The van der Waals surface area contributed by atoms with Crippen LogP contribution in [0.1, 0.15) is 25.3 Å². The smallest absolute Gasteiger partial charge is 0.320 e. The first kappa shape index (κ1) is 16.1. The van der Waals surface area contributed by atoms with Gasteiger partial charge in [0.05, 0.1) is 5.02 Å². The van der Waals surface area contributed by atoms with Gasteiger partial charge in [0.1, 0.15) is 18.4 Å². The van der Waals surface area contributed by atoms with E-state index in [9.17, 15) is 4.79 Å². The van der Waals surface area contributed by atoms with Gasteiger partial charge in [-0.1, -0.05) is 36.5 Å². The SMILES string of the molecule is CCCC(NCC1=Cc2cc(Cl)cc(Cl)c2OC1)C(=O)O. The summed E-state index contributed by atoms with van der Waals surface area (Å²) in [4.78, 5) is 11.1. The van der Waals surface area contributed by atoms with Crippen molar-refractivity contribution >= 4 is 35.2 Å². The van der Waals surface area contributed by atoms with Crippen molar-refractivity contribution in [3.63, 3.8) is 0 Å². The van der Waals surface area contributed by atoms with Gasteiger partial charge in [-0.05, 0) is 30.2 Å². The number of fused-ring (bicyclic) bond motifs is 1. The standard InChI is InChI=1S/C15H17Cl2NO3/c1-2-3-13(15(19)20)18-7-9-4-10-5-11(16)6-12(17)14(10)21-8-9/h4-6,13,18H,2-3,7-8H2,1H3,(H,19,20). The summed E-state index contributed by atoms with van der Waals surface area (Å²) in [6, 6.07) is 2.88. The van der Waals surface area contributed by atoms with Gasteiger partial charge in [0, 0.05) is 17.1 Å². The summed E-state index contributed by atoms with van der Waals surface area (Å²) in [6.07, 6.45) is 3.35. The second-order valence-corrected chi connectivity index (χ2v) is 5.80. The lowest BCUT2D eigenvalue weighted by molar-refractivity contribution is -0.139. The number of aliphatic carboxylic acids is 1. The summed E-state index contributed by atoms with van der Waals surface area (Å²) < 4.78 is 5.63. The van der Waals surface area contributed by atoms with Gasteiger partial charge in [0.2, 0.25) is 0 Å². The molecule has 1 unspecified atom stereocenters. The van der Waals surface area contributed by atoms with Gasteiger partial charge in [-0.2, -0.15) is 0 Å². The predicted molar refractivity (Wildman–Crippen MR) is 84.3 cm³/mol. The number of hydrogen-bond acceptors (Lipinski definition) is 3. The highest BCUT2D eigenvalue weighted by atomic mass is 35.5. The number of carboxylic acids is 1. The van der Waals surface area contributed by atoms with E-state index in [0.29, 0.717) is 35.4 Å². The third-order valence-electron chi connectivity index (χ3n) is 3.25. The molecule has 2 rings (SSSR count).